The van der Waals surface area contributed by atoms with Gasteiger partial charge in [0.1, 0.15) is 0 Å². The molecule has 0 saturated carbocycles. The zero-order chi connectivity index (χ0) is 22.1. The highest BCUT2D eigenvalue weighted by Gasteiger charge is 2.20. The van der Waals surface area contributed by atoms with Crippen LogP contribution in [0.2, 0.25) is 0 Å². The summed E-state index contributed by atoms with van der Waals surface area (Å²) in [6.07, 6.45) is 1.80. The summed E-state index contributed by atoms with van der Waals surface area (Å²) < 4.78 is 5.44. The zero-order valence-electron chi connectivity index (χ0n) is 17.7. The molecule has 160 valence electrons. The number of hydrogen-bond acceptors (Lipinski definition) is 5. The van der Waals surface area contributed by atoms with E-state index in [4.69, 9.17) is 4.74 Å². The lowest BCUT2D eigenvalue weighted by Crippen LogP contribution is -2.33. The van der Waals surface area contributed by atoms with Gasteiger partial charge in [-0.05, 0) is 31.4 Å². The molecule has 0 unspecified atom stereocenters. The Morgan fingerprint density at radius 1 is 1.03 bits per heavy atom. The molecule has 0 fully saturated rings. The van der Waals surface area contributed by atoms with Gasteiger partial charge >= 0.3 is 5.69 Å². The molecule has 1 amide bonds. The van der Waals surface area contributed by atoms with E-state index in [1.807, 2.05) is 32.9 Å². The SMILES string of the molecule is CCCN(CCC)C(=O)Cc1ccc(OCC(=O)c2ccc(C)cc2)c([N+](=O)[O-])c1. The molecule has 7 heteroatoms. The van der Waals surface area contributed by atoms with E-state index in [2.05, 4.69) is 0 Å². The third kappa shape index (κ3) is 6.40. The van der Waals surface area contributed by atoms with Crippen LogP contribution in [0.3, 0.4) is 0 Å². The smallest absolute Gasteiger partial charge is 0.311 e. The second kappa shape index (κ2) is 11.1. The molecule has 0 radical (unpaired) electrons. The van der Waals surface area contributed by atoms with E-state index >= 15 is 0 Å². The average molecular weight is 412 g/mol. The fourth-order valence-electron chi connectivity index (χ4n) is 3.09. The van der Waals surface area contributed by atoms with E-state index in [9.17, 15) is 19.7 Å². The largest absolute Gasteiger partial charge is 0.478 e. The van der Waals surface area contributed by atoms with E-state index in [0.29, 0.717) is 24.2 Å². The first-order valence-corrected chi connectivity index (χ1v) is 10.1. The minimum absolute atomic E-state index is 0.00985. The predicted molar refractivity (Wildman–Crippen MR) is 115 cm³/mol. The summed E-state index contributed by atoms with van der Waals surface area (Å²) in [6, 6.07) is 11.5. The molecular formula is C23H28N2O5. The highest BCUT2D eigenvalue weighted by atomic mass is 16.6. The molecule has 0 aliphatic rings. The Morgan fingerprint density at radius 3 is 2.23 bits per heavy atom. The van der Waals surface area contributed by atoms with Crippen LogP contribution in [-0.2, 0) is 11.2 Å². The molecule has 0 spiro atoms. The van der Waals surface area contributed by atoms with Gasteiger partial charge in [-0.15, -0.1) is 0 Å². The average Bonchev–Trinajstić information content (AvgIpc) is 2.72. The van der Waals surface area contributed by atoms with Crippen LogP contribution in [0.4, 0.5) is 5.69 Å². The minimum atomic E-state index is -0.560. The van der Waals surface area contributed by atoms with Crippen LogP contribution < -0.4 is 4.74 Å². The van der Waals surface area contributed by atoms with Crippen molar-refractivity contribution in [2.24, 2.45) is 0 Å². The van der Waals surface area contributed by atoms with Gasteiger partial charge < -0.3 is 9.64 Å². The van der Waals surface area contributed by atoms with Gasteiger partial charge in [0.25, 0.3) is 0 Å². The van der Waals surface area contributed by atoms with Gasteiger partial charge in [0.2, 0.25) is 5.91 Å². The number of rotatable bonds is 11. The summed E-state index contributed by atoms with van der Waals surface area (Å²) in [4.78, 5) is 37.5. The van der Waals surface area contributed by atoms with Crippen LogP contribution >= 0.6 is 0 Å². The maximum atomic E-state index is 12.5. The number of carbonyl (C=O) groups excluding carboxylic acids is 2. The maximum absolute atomic E-state index is 12.5. The molecule has 30 heavy (non-hydrogen) atoms. The standard InChI is InChI=1S/C23H28N2O5/c1-4-12-24(13-5-2)23(27)15-18-8-11-22(20(14-18)25(28)29)30-16-21(26)19-9-6-17(3)7-10-19/h6-11,14H,4-5,12-13,15-16H2,1-3H3. The molecule has 0 atom stereocenters. The van der Waals surface area contributed by atoms with Crippen molar-refractivity contribution < 1.29 is 19.2 Å². The molecule has 2 aromatic rings. The summed E-state index contributed by atoms with van der Waals surface area (Å²) in [5.41, 5.74) is 1.80. The van der Waals surface area contributed by atoms with Crippen LogP contribution in [0.1, 0.15) is 48.2 Å². The van der Waals surface area contributed by atoms with Crippen LogP contribution in [0.15, 0.2) is 42.5 Å². The van der Waals surface area contributed by atoms with Gasteiger partial charge in [0.05, 0.1) is 11.3 Å². The molecule has 2 rings (SSSR count). The summed E-state index contributed by atoms with van der Waals surface area (Å²) in [5, 5.41) is 11.5. The van der Waals surface area contributed by atoms with Gasteiger partial charge in [0.15, 0.2) is 18.1 Å². The predicted octanol–water partition coefficient (Wildman–Crippen LogP) is 4.36. The van der Waals surface area contributed by atoms with E-state index in [1.54, 1.807) is 23.1 Å². The van der Waals surface area contributed by atoms with Crippen molar-refractivity contribution in [3.8, 4) is 5.75 Å². The Labute approximate surface area is 176 Å². The quantitative estimate of drug-likeness (QED) is 0.311. The summed E-state index contributed by atoms with van der Waals surface area (Å²) in [6.45, 7) is 6.96. The van der Waals surface area contributed by atoms with E-state index < -0.39 is 4.92 Å². The second-order valence-corrected chi connectivity index (χ2v) is 7.19. The Bertz CT molecular complexity index is 887. The minimum Gasteiger partial charge on any atom is -0.478 e. The number of nitro benzene ring substituents is 1. The van der Waals surface area contributed by atoms with Crippen LogP contribution in [0.25, 0.3) is 0 Å². The zero-order valence-corrected chi connectivity index (χ0v) is 17.7. The number of nitrogens with zero attached hydrogens (tertiary/aromatic N) is 2. The monoisotopic (exact) mass is 412 g/mol. The molecule has 2 aromatic carbocycles. The van der Waals surface area contributed by atoms with Gasteiger partial charge in [-0.2, -0.15) is 0 Å². The molecule has 0 aliphatic heterocycles. The van der Waals surface area contributed by atoms with Crippen molar-refractivity contribution in [3.63, 3.8) is 0 Å². The normalized spacial score (nSPS) is 10.5. The van der Waals surface area contributed by atoms with E-state index in [-0.39, 0.29) is 36.2 Å². The number of hydrogen-bond donors (Lipinski definition) is 0. The van der Waals surface area contributed by atoms with Crippen molar-refractivity contribution in [1.29, 1.82) is 0 Å². The molecular weight excluding hydrogens is 384 g/mol. The Hall–Kier alpha value is -3.22. The summed E-state index contributed by atoms with van der Waals surface area (Å²) in [5.74, 6) is -0.315. The number of benzene rings is 2. The number of ether oxygens (including phenoxy) is 1. The lowest BCUT2D eigenvalue weighted by Gasteiger charge is -2.21. The van der Waals surface area contributed by atoms with E-state index in [1.165, 1.54) is 12.1 Å². The van der Waals surface area contributed by atoms with Crippen molar-refractivity contribution in [2.75, 3.05) is 19.7 Å². The number of amides is 1. The van der Waals surface area contributed by atoms with Gasteiger partial charge in [-0.1, -0.05) is 49.7 Å². The molecule has 7 nitrogen and oxygen atoms in total. The fraction of sp³-hybridized carbons (Fsp3) is 0.391. The first kappa shape index (κ1) is 23.1. The molecule has 0 saturated heterocycles. The number of Topliss-reactive ketones (excluding diaryl/α,β-unsaturated/α-hetero) is 1. The third-order valence-electron chi connectivity index (χ3n) is 4.65. The molecule has 0 heterocycles. The number of ketones is 1. The first-order valence-electron chi connectivity index (χ1n) is 10.1. The van der Waals surface area contributed by atoms with Gasteiger partial charge in [-0.25, -0.2) is 0 Å². The molecule has 0 aromatic heterocycles. The van der Waals surface area contributed by atoms with Crippen LogP contribution in [-0.4, -0.2) is 41.2 Å². The number of nitro groups is 1. The highest BCUT2D eigenvalue weighted by Crippen LogP contribution is 2.28. The third-order valence-corrected chi connectivity index (χ3v) is 4.65. The van der Waals surface area contributed by atoms with Crippen LogP contribution in [0, 0.1) is 17.0 Å². The summed E-state index contributed by atoms with van der Waals surface area (Å²) >= 11 is 0. The van der Waals surface area contributed by atoms with Crippen molar-refractivity contribution >= 4 is 17.4 Å². The highest BCUT2D eigenvalue weighted by molar-refractivity contribution is 5.97. The Morgan fingerprint density at radius 2 is 1.67 bits per heavy atom. The topological polar surface area (TPSA) is 89.8 Å². The maximum Gasteiger partial charge on any atom is 0.311 e. The number of aryl methyl sites for hydroxylation is 1. The first-order chi connectivity index (χ1) is 14.3. The lowest BCUT2D eigenvalue weighted by molar-refractivity contribution is -0.385. The van der Waals surface area contributed by atoms with E-state index in [0.717, 1.165) is 18.4 Å². The second-order valence-electron chi connectivity index (χ2n) is 7.19. The fourth-order valence-corrected chi connectivity index (χ4v) is 3.09. The molecule has 0 bridgehead atoms. The van der Waals surface area contributed by atoms with Crippen molar-refractivity contribution in [2.45, 2.75) is 40.0 Å². The van der Waals surface area contributed by atoms with Gasteiger partial charge in [0, 0.05) is 24.7 Å². The van der Waals surface area contributed by atoms with Crippen LogP contribution in [0.5, 0.6) is 5.75 Å². The molecule has 0 aliphatic carbocycles. The molecule has 0 N–H and O–H groups in total. The van der Waals surface area contributed by atoms with Gasteiger partial charge in [-0.3, -0.25) is 19.7 Å². The van der Waals surface area contributed by atoms with Crippen molar-refractivity contribution in [3.05, 3.63) is 69.3 Å². The Balaban J connectivity index is 2.10. The number of carbonyl (C=O) groups is 2. The Kier molecular flexibility index (Phi) is 8.53. The lowest BCUT2D eigenvalue weighted by atomic mass is 10.1. The van der Waals surface area contributed by atoms with Crippen molar-refractivity contribution in [1.82, 2.24) is 4.90 Å². The summed E-state index contributed by atoms with van der Waals surface area (Å²) in [7, 11) is 0.